The molecule has 0 amide bonds. The van der Waals surface area contributed by atoms with E-state index in [1.165, 1.54) is 17.4 Å². The topological polar surface area (TPSA) is 56.0 Å². The van der Waals surface area contributed by atoms with Crippen molar-refractivity contribution in [2.75, 3.05) is 0 Å². The fourth-order valence-electron chi connectivity index (χ4n) is 2.07. The third kappa shape index (κ3) is 2.20. The van der Waals surface area contributed by atoms with Gasteiger partial charge in [-0.2, -0.15) is 9.61 Å². The van der Waals surface area contributed by atoms with Gasteiger partial charge in [-0.3, -0.25) is 4.98 Å². The zero-order valence-corrected chi connectivity index (χ0v) is 13.3. The fourth-order valence-corrected chi connectivity index (χ4v) is 3.24. The average molecular weight is 376 g/mol. The standard InChI is InChI=1S/C14H7BrFN5S/c15-9-1-2-10(11(16)7-9)12-18-19-14-21(12)20-13(22-14)8-3-5-17-6-4-8/h1-7H. The molecular weight excluding hydrogens is 369 g/mol. The lowest BCUT2D eigenvalue weighted by atomic mass is 10.2. The van der Waals surface area contributed by atoms with Gasteiger partial charge in [-0.15, -0.1) is 10.2 Å². The Kier molecular flexibility index (Phi) is 3.20. The van der Waals surface area contributed by atoms with E-state index in [0.717, 1.165) is 10.6 Å². The molecule has 0 aliphatic rings. The van der Waals surface area contributed by atoms with E-state index < -0.39 is 0 Å². The SMILES string of the molecule is Fc1cc(Br)ccc1-c1nnc2sc(-c3ccncc3)nn12. The number of pyridine rings is 1. The molecule has 3 aromatic heterocycles. The molecule has 0 spiro atoms. The van der Waals surface area contributed by atoms with Crippen LogP contribution in [0.3, 0.4) is 0 Å². The minimum atomic E-state index is -0.373. The van der Waals surface area contributed by atoms with Gasteiger partial charge in [0.25, 0.3) is 0 Å². The Morgan fingerprint density at radius 2 is 1.91 bits per heavy atom. The van der Waals surface area contributed by atoms with Gasteiger partial charge >= 0.3 is 0 Å². The summed E-state index contributed by atoms with van der Waals surface area (Å²) in [6, 6.07) is 8.54. The molecule has 0 radical (unpaired) electrons. The van der Waals surface area contributed by atoms with Crippen molar-refractivity contribution in [1.82, 2.24) is 24.8 Å². The van der Waals surface area contributed by atoms with Crippen LogP contribution in [0.1, 0.15) is 0 Å². The Bertz CT molecular complexity index is 966. The van der Waals surface area contributed by atoms with Crippen molar-refractivity contribution < 1.29 is 4.39 Å². The van der Waals surface area contributed by atoms with Crippen LogP contribution in [0.2, 0.25) is 0 Å². The molecule has 3 heterocycles. The van der Waals surface area contributed by atoms with Gasteiger partial charge in [0.15, 0.2) is 5.82 Å². The highest BCUT2D eigenvalue weighted by Gasteiger charge is 2.17. The zero-order valence-electron chi connectivity index (χ0n) is 10.9. The minimum absolute atomic E-state index is 0.363. The van der Waals surface area contributed by atoms with Crippen molar-refractivity contribution in [2.45, 2.75) is 0 Å². The van der Waals surface area contributed by atoms with Crippen LogP contribution >= 0.6 is 27.3 Å². The van der Waals surface area contributed by atoms with Gasteiger partial charge in [-0.1, -0.05) is 27.3 Å². The molecule has 22 heavy (non-hydrogen) atoms. The van der Waals surface area contributed by atoms with Gasteiger partial charge in [-0.25, -0.2) is 4.39 Å². The van der Waals surface area contributed by atoms with Crippen LogP contribution < -0.4 is 0 Å². The lowest BCUT2D eigenvalue weighted by molar-refractivity contribution is 0.628. The lowest BCUT2D eigenvalue weighted by Crippen LogP contribution is -1.93. The Balaban J connectivity index is 1.88. The van der Waals surface area contributed by atoms with Crippen molar-refractivity contribution in [1.29, 1.82) is 0 Å². The Hall–Kier alpha value is -2.19. The molecule has 0 atom stereocenters. The van der Waals surface area contributed by atoms with Crippen LogP contribution in [0.15, 0.2) is 47.2 Å². The normalized spacial score (nSPS) is 11.2. The smallest absolute Gasteiger partial charge is 0.235 e. The molecule has 108 valence electrons. The first-order valence-electron chi connectivity index (χ1n) is 6.30. The Labute approximate surface area is 136 Å². The minimum Gasteiger partial charge on any atom is -0.265 e. The van der Waals surface area contributed by atoms with E-state index in [1.54, 1.807) is 29.0 Å². The highest BCUT2D eigenvalue weighted by Crippen LogP contribution is 2.29. The maximum absolute atomic E-state index is 14.1. The van der Waals surface area contributed by atoms with Crippen LogP contribution in [0.4, 0.5) is 4.39 Å². The molecule has 0 aliphatic heterocycles. The van der Waals surface area contributed by atoms with Crippen molar-refractivity contribution in [2.24, 2.45) is 0 Å². The van der Waals surface area contributed by atoms with E-state index in [-0.39, 0.29) is 5.82 Å². The van der Waals surface area contributed by atoms with Crippen LogP contribution in [-0.4, -0.2) is 24.8 Å². The van der Waals surface area contributed by atoms with Gasteiger partial charge in [0, 0.05) is 22.4 Å². The highest BCUT2D eigenvalue weighted by atomic mass is 79.9. The van der Waals surface area contributed by atoms with Gasteiger partial charge in [0.1, 0.15) is 10.8 Å². The van der Waals surface area contributed by atoms with Crippen molar-refractivity contribution in [3.63, 3.8) is 0 Å². The summed E-state index contributed by atoms with van der Waals surface area (Å²) in [5.74, 6) is 0.0127. The maximum atomic E-state index is 14.1. The van der Waals surface area contributed by atoms with Crippen molar-refractivity contribution >= 4 is 32.2 Å². The molecular formula is C14H7BrFN5S. The van der Waals surface area contributed by atoms with Crippen LogP contribution in [0.25, 0.3) is 26.9 Å². The van der Waals surface area contributed by atoms with E-state index >= 15 is 0 Å². The van der Waals surface area contributed by atoms with Gasteiger partial charge in [0.2, 0.25) is 4.96 Å². The second-order valence-corrected chi connectivity index (χ2v) is 6.36. The number of benzene rings is 1. The van der Waals surface area contributed by atoms with Gasteiger partial charge in [-0.05, 0) is 30.3 Å². The Morgan fingerprint density at radius 1 is 1.09 bits per heavy atom. The summed E-state index contributed by atoms with van der Waals surface area (Å²) in [4.78, 5) is 4.60. The Morgan fingerprint density at radius 3 is 2.68 bits per heavy atom. The van der Waals surface area contributed by atoms with E-state index in [2.05, 4.69) is 36.2 Å². The molecule has 4 rings (SSSR count). The summed E-state index contributed by atoms with van der Waals surface area (Å²) in [7, 11) is 0. The summed E-state index contributed by atoms with van der Waals surface area (Å²) in [6.45, 7) is 0. The number of fused-ring (bicyclic) bond motifs is 1. The van der Waals surface area contributed by atoms with Crippen molar-refractivity contribution in [3.8, 4) is 22.0 Å². The molecule has 0 bridgehead atoms. The third-order valence-electron chi connectivity index (χ3n) is 3.09. The summed E-state index contributed by atoms with van der Waals surface area (Å²) in [5.41, 5.74) is 1.30. The second kappa shape index (κ2) is 5.22. The second-order valence-electron chi connectivity index (χ2n) is 4.49. The number of nitrogens with zero attached hydrogens (tertiary/aromatic N) is 5. The van der Waals surface area contributed by atoms with Crippen LogP contribution in [0, 0.1) is 5.82 Å². The van der Waals surface area contributed by atoms with Gasteiger partial charge < -0.3 is 0 Å². The fraction of sp³-hybridized carbons (Fsp3) is 0. The summed E-state index contributed by atoms with van der Waals surface area (Å²) < 4.78 is 16.4. The molecule has 0 saturated heterocycles. The first-order valence-corrected chi connectivity index (χ1v) is 7.91. The van der Waals surface area contributed by atoms with E-state index in [1.807, 2.05) is 12.1 Å². The molecule has 0 fully saturated rings. The van der Waals surface area contributed by atoms with Crippen LogP contribution in [0.5, 0.6) is 0 Å². The molecule has 0 unspecified atom stereocenters. The number of aromatic nitrogens is 5. The molecule has 4 aromatic rings. The van der Waals surface area contributed by atoms with E-state index in [9.17, 15) is 4.39 Å². The quantitative estimate of drug-likeness (QED) is 0.534. The van der Waals surface area contributed by atoms with Crippen LogP contribution in [-0.2, 0) is 0 Å². The maximum Gasteiger partial charge on any atom is 0.235 e. The predicted molar refractivity (Wildman–Crippen MR) is 85.0 cm³/mol. The number of hydrogen-bond acceptors (Lipinski definition) is 5. The van der Waals surface area contributed by atoms with Crippen molar-refractivity contribution in [3.05, 3.63) is 53.0 Å². The zero-order chi connectivity index (χ0) is 15.1. The molecule has 1 aromatic carbocycles. The molecule has 0 N–H and O–H groups in total. The largest absolute Gasteiger partial charge is 0.265 e. The number of rotatable bonds is 2. The molecule has 0 aliphatic carbocycles. The molecule has 0 saturated carbocycles. The molecule has 8 heteroatoms. The predicted octanol–water partition coefficient (Wildman–Crippen LogP) is 3.82. The highest BCUT2D eigenvalue weighted by molar-refractivity contribution is 9.10. The van der Waals surface area contributed by atoms with E-state index in [4.69, 9.17) is 0 Å². The van der Waals surface area contributed by atoms with Gasteiger partial charge in [0.05, 0.1) is 5.56 Å². The summed E-state index contributed by atoms with van der Waals surface area (Å²) >= 11 is 4.64. The monoisotopic (exact) mass is 375 g/mol. The number of hydrogen-bond donors (Lipinski definition) is 0. The third-order valence-corrected chi connectivity index (χ3v) is 4.53. The molecule has 5 nitrogen and oxygen atoms in total. The van der Waals surface area contributed by atoms with E-state index in [0.29, 0.717) is 20.8 Å². The number of halogens is 2. The summed E-state index contributed by atoms with van der Waals surface area (Å²) in [6.07, 6.45) is 3.40. The lowest BCUT2D eigenvalue weighted by Gasteiger charge is -2.00. The first-order chi connectivity index (χ1) is 10.7. The average Bonchev–Trinajstić information content (AvgIpc) is 3.09. The summed E-state index contributed by atoms with van der Waals surface area (Å²) in [5, 5.41) is 13.4. The first kappa shape index (κ1) is 13.5.